The summed E-state index contributed by atoms with van der Waals surface area (Å²) in [5, 5.41) is 3.41. The first-order valence-electron chi connectivity index (χ1n) is 9.84. The second kappa shape index (κ2) is 9.78. The van der Waals surface area contributed by atoms with Crippen molar-refractivity contribution in [1.29, 1.82) is 0 Å². The molecule has 2 amide bonds. The molecule has 7 nitrogen and oxygen atoms in total. The Hall–Kier alpha value is -3.46. The maximum absolute atomic E-state index is 13.3. The first-order chi connectivity index (χ1) is 15.1. The van der Waals surface area contributed by atoms with Crippen LogP contribution in [0.5, 0.6) is 10.8 Å². The second-order valence-corrected chi connectivity index (χ2v) is 9.04. The summed E-state index contributed by atoms with van der Waals surface area (Å²) in [4.78, 5) is 30.9. The van der Waals surface area contributed by atoms with E-state index < -0.39 is 11.7 Å². The Kier molecular flexibility index (Phi) is 7.09. The highest BCUT2D eigenvalue weighted by molar-refractivity contribution is 7.13. The van der Waals surface area contributed by atoms with Gasteiger partial charge in [0.15, 0.2) is 5.06 Å². The Balaban J connectivity index is 1.54. The van der Waals surface area contributed by atoms with Crippen molar-refractivity contribution in [1.82, 2.24) is 10.3 Å². The summed E-state index contributed by atoms with van der Waals surface area (Å²) >= 11 is 1.35. The van der Waals surface area contributed by atoms with E-state index in [9.17, 15) is 14.0 Å². The summed E-state index contributed by atoms with van der Waals surface area (Å²) in [6.45, 7) is 5.65. The topological polar surface area (TPSA) is 80.8 Å². The number of nitrogens with one attached hydrogen (secondary N) is 1. The molecule has 0 fully saturated rings. The van der Waals surface area contributed by atoms with Crippen molar-refractivity contribution in [3.8, 4) is 10.8 Å². The fraction of sp³-hybridized carbons (Fsp3) is 0.261. The van der Waals surface area contributed by atoms with Gasteiger partial charge in [0.05, 0.1) is 12.1 Å². The van der Waals surface area contributed by atoms with Crippen molar-refractivity contribution in [2.24, 2.45) is 0 Å². The third-order valence-corrected chi connectivity index (χ3v) is 5.06. The highest BCUT2D eigenvalue weighted by atomic mass is 32.1. The van der Waals surface area contributed by atoms with E-state index in [0.717, 1.165) is 4.88 Å². The molecular weight excluding hydrogens is 433 g/mol. The number of hydrogen-bond acceptors (Lipinski definition) is 6. The van der Waals surface area contributed by atoms with E-state index in [1.807, 2.05) is 6.07 Å². The van der Waals surface area contributed by atoms with Crippen LogP contribution in [0.3, 0.4) is 0 Å². The Morgan fingerprint density at radius 2 is 1.94 bits per heavy atom. The predicted octanol–water partition coefficient (Wildman–Crippen LogP) is 5.38. The van der Waals surface area contributed by atoms with E-state index in [-0.39, 0.29) is 11.7 Å². The van der Waals surface area contributed by atoms with E-state index in [1.165, 1.54) is 34.6 Å². The molecule has 0 unspecified atom stereocenters. The van der Waals surface area contributed by atoms with E-state index in [4.69, 9.17) is 9.47 Å². The lowest BCUT2D eigenvalue weighted by Gasteiger charge is -2.24. The molecule has 0 spiro atoms. The van der Waals surface area contributed by atoms with Crippen molar-refractivity contribution in [2.45, 2.75) is 32.9 Å². The van der Waals surface area contributed by atoms with Crippen molar-refractivity contribution in [3.63, 3.8) is 0 Å². The lowest BCUT2D eigenvalue weighted by atomic mass is 10.2. The van der Waals surface area contributed by atoms with Gasteiger partial charge in [-0.15, -0.1) is 11.3 Å². The Bertz CT molecular complexity index is 1090. The molecule has 2 heterocycles. The molecule has 0 bridgehead atoms. The number of benzene rings is 1. The molecule has 1 N–H and O–H groups in total. The lowest BCUT2D eigenvalue weighted by molar-refractivity contribution is 0.0588. The molecule has 0 saturated heterocycles. The molecule has 168 valence electrons. The largest absolute Gasteiger partial charge is 0.447 e. The zero-order valence-electron chi connectivity index (χ0n) is 18.2. The third-order valence-electron chi connectivity index (χ3n) is 4.10. The number of ether oxygens (including phenoxy) is 2. The van der Waals surface area contributed by atoms with Crippen LogP contribution in [0.2, 0.25) is 0 Å². The van der Waals surface area contributed by atoms with Crippen LogP contribution in [0.15, 0.2) is 54.7 Å². The van der Waals surface area contributed by atoms with Crippen molar-refractivity contribution >= 4 is 29.2 Å². The number of pyridine rings is 1. The van der Waals surface area contributed by atoms with E-state index in [1.54, 1.807) is 58.2 Å². The maximum Gasteiger partial charge on any atom is 0.415 e. The minimum atomic E-state index is -0.616. The van der Waals surface area contributed by atoms with E-state index in [2.05, 4.69) is 10.3 Å². The van der Waals surface area contributed by atoms with Gasteiger partial charge in [-0.3, -0.25) is 9.69 Å². The van der Waals surface area contributed by atoms with Gasteiger partial charge in [-0.25, -0.2) is 14.2 Å². The van der Waals surface area contributed by atoms with Crippen molar-refractivity contribution in [3.05, 3.63) is 71.0 Å². The van der Waals surface area contributed by atoms with Gasteiger partial charge in [0.1, 0.15) is 23.0 Å². The van der Waals surface area contributed by atoms with Crippen LogP contribution in [0, 0.1) is 5.82 Å². The number of rotatable bonds is 6. The number of thiophene rings is 1. The molecule has 0 aliphatic rings. The predicted molar refractivity (Wildman–Crippen MR) is 121 cm³/mol. The summed E-state index contributed by atoms with van der Waals surface area (Å²) in [6, 6.07) is 12.7. The van der Waals surface area contributed by atoms with Crippen LogP contribution < -0.4 is 15.0 Å². The summed E-state index contributed by atoms with van der Waals surface area (Å²) < 4.78 is 24.2. The van der Waals surface area contributed by atoms with Gasteiger partial charge in [-0.05, 0) is 57.2 Å². The fourth-order valence-electron chi connectivity index (χ4n) is 2.57. The molecule has 0 aliphatic heterocycles. The molecular formula is C23H24FN3O4S. The van der Waals surface area contributed by atoms with Crippen LogP contribution in [0.25, 0.3) is 0 Å². The SMILES string of the molecule is CN(C(=O)OC(C)(C)C)c1ccc(C(=O)NCc2ccc(Oc3cccc(F)c3)s2)cn1. The Labute approximate surface area is 189 Å². The fourth-order valence-corrected chi connectivity index (χ4v) is 3.38. The van der Waals surface area contributed by atoms with E-state index in [0.29, 0.717) is 28.7 Å². The number of amides is 2. The first kappa shape index (κ1) is 23.2. The zero-order valence-corrected chi connectivity index (χ0v) is 19.0. The normalized spacial score (nSPS) is 11.0. The highest BCUT2D eigenvalue weighted by Gasteiger charge is 2.21. The molecule has 0 atom stereocenters. The number of hydrogen-bond donors (Lipinski definition) is 1. The van der Waals surface area contributed by atoms with Gasteiger partial charge in [-0.1, -0.05) is 6.07 Å². The third kappa shape index (κ3) is 6.52. The minimum Gasteiger partial charge on any atom is -0.447 e. The van der Waals surface area contributed by atoms with Gasteiger partial charge >= 0.3 is 6.09 Å². The number of anilines is 1. The molecule has 2 aromatic heterocycles. The average molecular weight is 458 g/mol. The Morgan fingerprint density at radius 3 is 2.59 bits per heavy atom. The monoisotopic (exact) mass is 457 g/mol. The number of aromatic nitrogens is 1. The number of halogens is 1. The molecule has 0 saturated carbocycles. The lowest BCUT2D eigenvalue weighted by Crippen LogP contribution is -2.34. The number of carbonyl (C=O) groups is 2. The summed E-state index contributed by atoms with van der Waals surface area (Å²) in [6.07, 6.45) is 0.870. The smallest absolute Gasteiger partial charge is 0.415 e. The standard InChI is InChI=1S/C23H24FN3O4S/c1-23(2,3)31-22(29)27(4)19-10-8-15(13-25-19)21(28)26-14-18-9-11-20(32-18)30-17-7-5-6-16(24)12-17/h5-13H,14H2,1-4H3,(H,26,28). The van der Waals surface area contributed by atoms with Crippen LogP contribution in [-0.2, 0) is 11.3 Å². The average Bonchev–Trinajstić information content (AvgIpc) is 3.17. The van der Waals surface area contributed by atoms with Gasteiger partial charge in [-0.2, -0.15) is 0 Å². The minimum absolute atomic E-state index is 0.301. The van der Waals surface area contributed by atoms with Crippen LogP contribution in [-0.4, -0.2) is 29.6 Å². The van der Waals surface area contributed by atoms with Crippen LogP contribution >= 0.6 is 11.3 Å². The molecule has 0 aliphatic carbocycles. The Morgan fingerprint density at radius 1 is 1.16 bits per heavy atom. The van der Waals surface area contributed by atoms with Crippen LogP contribution in [0.1, 0.15) is 36.0 Å². The first-order valence-corrected chi connectivity index (χ1v) is 10.7. The zero-order chi connectivity index (χ0) is 23.3. The highest BCUT2D eigenvalue weighted by Crippen LogP contribution is 2.29. The summed E-state index contributed by atoms with van der Waals surface area (Å²) in [7, 11) is 1.55. The molecule has 3 aromatic rings. The summed E-state index contributed by atoms with van der Waals surface area (Å²) in [5.41, 5.74) is -0.256. The van der Waals surface area contributed by atoms with Gasteiger partial charge in [0.25, 0.3) is 5.91 Å². The second-order valence-electron chi connectivity index (χ2n) is 7.91. The molecule has 32 heavy (non-hydrogen) atoms. The summed E-state index contributed by atoms with van der Waals surface area (Å²) in [5.74, 6) is 0.103. The van der Waals surface area contributed by atoms with Crippen LogP contribution in [0.4, 0.5) is 15.0 Å². The quantitative estimate of drug-likeness (QED) is 0.538. The van der Waals surface area contributed by atoms with E-state index >= 15 is 0 Å². The van der Waals surface area contributed by atoms with Crippen molar-refractivity contribution < 1.29 is 23.5 Å². The van der Waals surface area contributed by atoms with Crippen molar-refractivity contribution in [2.75, 3.05) is 11.9 Å². The molecule has 3 rings (SSSR count). The number of carbonyl (C=O) groups excluding carboxylic acids is 2. The molecule has 0 radical (unpaired) electrons. The van der Waals surface area contributed by atoms with Gasteiger partial charge in [0, 0.05) is 24.2 Å². The molecule has 9 heteroatoms. The van der Waals surface area contributed by atoms with Gasteiger partial charge in [0.2, 0.25) is 0 Å². The molecule has 1 aromatic carbocycles. The maximum atomic E-state index is 13.3. The number of nitrogens with zero attached hydrogens (tertiary/aromatic N) is 2. The van der Waals surface area contributed by atoms with Gasteiger partial charge < -0.3 is 14.8 Å².